The molecule has 0 radical (unpaired) electrons. The predicted octanol–water partition coefficient (Wildman–Crippen LogP) is 3.91. The maximum Gasteiger partial charge on any atom is 0.161 e. The second kappa shape index (κ2) is 7.56. The van der Waals surface area contributed by atoms with Crippen molar-refractivity contribution < 1.29 is 9.47 Å². The van der Waals surface area contributed by atoms with Crippen LogP contribution in [-0.4, -0.2) is 25.3 Å². The lowest BCUT2D eigenvalue weighted by Crippen LogP contribution is -2.52. The molecule has 1 aromatic carbocycles. The van der Waals surface area contributed by atoms with Gasteiger partial charge in [0.1, 0.15) is 0 Å². The number of rotatable bonds is 4. The molecule has 1 N–H and O–H groups in total. The van der Waals surface area contributed by atoms with E-state index in [-0.39, 0.29) is 12.4 Å². The largest absolute Gasteiger partial charge is 0.490 e. The zero-order valence-electron chi connectivity index (χ0n) is 13.7. The summed E-state index contributed by atoms with van der Waals surface area (Å²) in [6.07, 6.45) is 7.52. The minimum Gasteiger partial charge on any atom is -0.490 e. The van der Waals surface area contributed by atoms with Gasteiger partial charge in [-0.3, -0.25) is 0 Å². The fraction of sp³-hybridized carbons (Fsp3) is 0.667. The Morgan fingerprint density at radius 1 is 1.00 bits per heavy atom. The molecule has 1 unspecified atom stereocenters. The molecule has 1 atom stereocenters. The van der Waals surface area contributed by atoms with Crippen molar-refractivity contribution in [2.75, 3.05) is 19.8 Å². The Kier molecular flexibility index (Phi) is 5.99. The summed E-state index contributed by atoms with van der Waals surface area (Å²) >= 11 is 0. The third kappa shape index (κ3) is 3.52. The van der Waals surface area contributed by atoms with E-state index in [9.17, 15) is 0 Å². The van der Waals surface area contributed by atoms with Crippen LogP contribution in [0.2, 0.25) is 0 Å². The Balaban J connectivity index is 0.00000176. The van der Waals surface area contributed by atoms with Crippen molar-refractivity contribution in [2.24, 2.45) is 0 Å². The molecule has 3 rings (SSSR count). The van der Waals surface area contributed by atoms with Crippen LogP contribution in [0.3, 0.4) is 0 Å². The third-order valence-corrected chi connectivity index (χ3v) is 4.85. The van der Waals surface area contributed by atoms with Crippen LogP contribution in [0.5, 0.6) is 11.5 Å². The van der Waals surface area contributed by atoms with Gasteiger partial charge < -0.3 is 14.8 Å². The lowest BCUT2D eigenvalue weighted by molar-refractivity contribution is 0.224. The Labute approximate surface area is 140 Å². The smallest absolute Gasteiger partial charge is 0.161 e. The number of nitrogens with one attached hydrogen (secondary N) is 1. The first-order chi connectivity index (χ1) is 10.3. The van der Waals surface area contributed by atoms with E-state index in [4.69, 9.17) is 9.47 Å². The summed E-state index contributed by atoms with van der Waals surface area (Å²) in [5.74, 6) is 1.82. The van der Waals surface area contributed by atoms with E-state index in [1.54, 1.807) is 0 Å². The molecule has 1 aliphatic carbocycles. The zero-order valence-corrected chi connectivity index (χ0v) is 14.6. The molecule has 1 saturated heterocycles. The fourth-order valence-electron chi connectivity index (χ4n) is 3.80. The second-order valence-electron chi connectivity index (χ2n) is 6.27. The molecule has 1 fully saturated rings. The number of fused-ring (bicyclic) bond motifs is 1. The first-order valence-corrected chi connectivity index (χ1v) is 8.43. The van der Waals surface area contributed by atoms with E-state index in [1.165, 1.54) is 43.4 Å². The molecule has 1 spiro atoms. The van der Waals surface area contributed by atoms with Crippen LogP contribution in [-0.2, 0) is 12.8 Å². The van der Waals surface area contributed by atoms with Gasteiger partial charge in [-0.05, 0) is 75.8 Å². The first-order valence-electron chi connectivity index (χ1n) is 8.43. The SMILES string of the molecule is CCOc1cc2c(cc1OCC)CC1(CCCCN1)CC2.Cl. The first kappa shape index (κ1) is 17.4. The molecule has 0 amide bonds. The molecule has 1 heterocycles. The molecule has 1 aromatic rings. The minimum absolute atomic E-state index is 0. The van der Waals surface area contributed by atoms with Gasteiger partial charge in [-0.15, -0.1) is 12.4 Å². The number of ether oxygens (including phenoxy) is 2. The highest BCUT2D eigenvalue weighted by molar-refractivity contribution is 5.85. The summed E-state index contributed by atoms with van der Waals surface area (Å²) in [6.45, 7) is 6.59. The van der Waals surface area contributed by atoms with Gasteiger partial charge >= 0.3 is 0 Å². The quantitative estimate of drug-likeness (QED) is 0.910. The number of benzene rings is 1. The molecule has 2 aliphatic rings. The number of piperidine rings is 1. The molecule has 4 heteroatoms. The van der Waals surface area contributed by atoms with Crippen molar-refractivity contribution in [3.05, 3.63) is 23.3 Å². The highest BCUT2D eigenvalue weighted by atomic mass is 35.5. The lowest BCUT2D eigenvalue weighted by Gasteiger charge is -2.42. The Morgan fingerprint density at radius 3 is 2.27 bits per heavy atom. The Bertz CT molecular complexity index is 498. The number of aryl methyl sites for hydroxylation is 1. The second-order valence-corrected chi connectivity index (χ2v) is 6.27. The fourth-order valence-corrected chi connectivity index (χ4v) is 3.80. The van der Waals surface area contributed by atoms with Crippen molar-refractivity contribution >= 4 is 12.4 Å². The van der Waals surface area contributed by atoms with Crippen LogP contribution in [0.25, 0.3) is 0 Å². The maximum absolute atomic E-state index is 5.79. The van der Waals surface area contributed by atoms with E-state index in [1.807, 2.05) is 13.8 Å². The zero-order chi connectivity index (χ0) is 14.7. The average molecular weight is 326 g/mol. The molecule has 3 nitrogen and oxygen atoms in total. The van der Waals surface area contributed by atoms with Gasteiger partial charge in [0.2, 0.25) is 0 Å². The Morgan fingerprint density at radius 2 is 1.68 bits per heavy atom. The maximum atomic E-state index is 5.79. The average Bonchev–Trinajstić information content (AvgIpc) is 2.50. The molecule has 0 bridgehead atoms. The topological polar surface area (TPSA) is 30.5 Å². The van der Waals surface area contributed by atoms with E-state index in [0.717, 1.165) is 24.3 Å². The minimum atomic E-state index is 0. The van der Waals surface area contributed by atoms with Crippen LogP contribution < -0.4 is 14.8 Å². The number of hydrogen-bond donors (Lipinski definition) is 1. The summed E-state index contributed by atoms with van der Waals surface area (Å²) in [5.41, 5.74) is 3.23. The molecular formula is C18H28ClNO2. The summed E-state index contributed by atoms with van der Waals surface area (Å²) in [4.78, 5) is 0. The molecule has 0 aromatic heterocycles. The highest BCUT2D eigenvalue weighted by Gasteiger charge is 2.35. The van der Waals surface area contributed by atoms with Gasteiger partial charge in [0, 0.05) is 5.54 Å². The standard InChI is InChI=1S/C18H27NO2.ClH/c1-3-20-16-11-14-7-9-18(8-5-6-10-19-18)13-15(14)12-17(16)21-4-2;/h11-12,19H,3-10,13H2,1-2H3;1H. The molecular weight excluding hydrogens is 298 g/mol. The third-order valence-electron chi connectivity index (χ3n) is 4.85. The van der Waals surface area contributed by atoms with E-state index < -0.39 is 0 Å². The summed E-state index contributed by atoms with van der Waals surface area (Å²) in [5, 5.41) is 3.79. The summed E-state index contributed by atoms with van der Waals surface area (Å²) < 4.78 is 11.5. The normalized spacial score (nSPS) is 23.5. The van der Waals surface area contributed by atoms with Crippen molar-refractivity contribution in [1.29, 1.82) is 0 Å². The van der Waals surface area contributed by atoms with Crippen molar-refractivity contribution in [3.8, 4) is 11.5 Å². The van der Waals surface area contributed by atoms with Crippen LogP contribution in [0, 0.1) is 0 Å². The van der Waals surface area contributed by atoms with Crippen LogP contribution in [0.4, 0.5) is 0 Å². The highest BCUT2D eigenvalue weighted by Crippen LogP contribution is 2.39. The van der Waals surface area contributed by atoms with Crippen molar-refractivity contribution in [3.63, 3.8) is 0 Å². The Hall–Kier alpha value is -0.930. The number of hydrogen-bond acceptors (Lipinski definition) is 3. The predicted molar refractivity (Wildman–Crippen MR) is 92.6 cm³/mol. The van der Waals surface area contributed by atoms with E-state index in [2.05, 4.69) is 17.4 Å². The van der Waals surface area contributed by atoms with Gasteiger partial charge in [-0.25, -0.2) is 0 Å². The van der Waals surface area contributed by atoms with Gasteiger partial charge in [0.15, 0.2) is 11.5 Å². The van der Waals surface area contributed by atoms with Gasteiger partial charge in [0.25, 0.3) is 0 Å². The van der Waals surface area contributed by atoms with Gasteiger partial charge in [-0.1, -0.05) is 6.42 Å². The van der Waals surface area contributed by atoms with Crippen molar-refractivity contribution in [1.82, 2.24) is 5.32 Å². The molecule has 0 saturated carbocycles. The van der Waals surface area contributed by atoms with Gasteiger partial charge in [-0.2, -0.15) is 0 Å². The molecule has 124 valence electrons. The molecule has 22 heavy (non-hydrogen) atoms. The van der Waals surface area contributed by atoms with E-state index >= 15 is 0 Å². The van der Waals surface area contributed by atoms with E-state index in [0.29, 0.717) is 18.8 Å². The van der Waals surface area contributed by atoms with Crippen LogP contribution >= 0.6 is 12.4 Å². The lowest BCUT2D eigenvalue weighted by atomic mass is 9.73. The molecule has 1 aliphatic heterocycles. The van der Waals surface area contributed by atoms with Crippen LogP contribution in [0.15, 0.2) is 12.1 Å². The number of halogens is 1. The van der Waals surface area contributed by atoms with Crippen molar-refractivity contribution in [2.45, 2.75) is 57.9 Å². The monoisotopic (exact) mass is 325 g/mol. The van der Waals surface area contributed by atoms with Crippen LogP contribution in [0.1, 0.15) is 50.7 Å². The van der Waals surface area contributed by atoms with Gasteiger partial charge in [0.05, 0.1) is 13.2 Å². The summed E-state index contributed by atoms with van der Waals surface area (Å²) in [7, 11) is 0. The summed E-state index contributed by atoms with van der Waals surface area (Å²) in [6, 6.07) is 4.43.